The van der Waals surface area contributed by atoms with Gasteiger partial charge in [-0.3, -0.25) is 0 Å². The zero-order chi connectivity index (χ0) is 11.5. The third-order valence-electron chi connectivity index (χ3n) is 2.32. The fraction of sp³-hybridized carbons (Fsp3) is 0.455. The van der Waals surface area contributed by atoms with Crippen molar-refractivity contribution in [1.82, 2.24) is 0 Å². The zero-order valence-electron chi connectivity index (χ0n) is 9.21. The van der Waals surface area contributed by atoms with Crippen molar-refractivity contribution >= 4 is 0 Å². The van der Waals surface area contributed by atoms with Gasteiger partial charge in [0.15, 0.2) is 0 Å². The van der Waals surface area contributed by atoms with Crippen LogP contribution in [0, 0.1) is 5.82 Å². The third kappa shape index (κ3) is 2.46. The molecule has 0 aliphatic heterocycles. The smallest absolute Gasteiger partial charge is 0.130 e. The zero-order valence-corrected chi connectivity index (χ0v) is 9.21. The highest BCUT2D eigenvalue weighted by Gasteiger charge is 2.28. The second-order valence-electron chi connectivity index (χ2n) is 4.01. The van der Waals surface area contributed by atoms with Crippen LogP contribution in [0.5, 0.6) is 5.75 Å². The topological polar surface area (TPSA) is 44.5 Å². The highest BCUT2D eigenvalue weighted by Crippen LogP contribution is 2.33. The highest BCUT2D eigenvalue weighted by atomic mass is 19.1. The number of nitrogens with two attached hydrogens (primary N) is 1. The molecule has 0 fully saturated rings. The highest BCUT2D eigenvalue weighted by molar-refractivity contribution is 5.40. The second-order valence-corrected chi connectivity index (χ2v) is 4.01. The molecule has 1 aromatic rings. The first-order valence-electron chi connectivity index (χ1n) is 4.67. The van der Waals surface area contributed by atoms with E-state index >= 15 is 0 Å². The van der Waals surface area contributed by atoms with E-state index in [4.69, 9.17) is 10.6 Å². The van der Waals surface area contributed by atoms with Gasteiger partial charge in [-0.05, 0) is 12.1 Å². The quantitative estimate of drug-likeness (QED) is 0.778. The predicted octanol–water partition coefficient (Wildman–Crippen LogP) is 2.00. The minimum absolute atomic E-state index is 0.226. The Hall–Kier alpha value is -1.13. The van der Waals surface area contributed by atoms with E-state index in [9.17, 15) is 4.39 Å². The molecule has 0 saturated heterocycles. The lowest BCUT2D eigenvalue weighted by atomic mass is 9.84. The summed E-state index contributed by atoms with van der Waals surface area (Å²) in [6.45, 7) is 3.92. The normalized spacial score (nSPS) is 11.5. The van der Waals surface area contributed by atoms with Gasteiger partial charge in [0.2, 0.25) is 0 Å². The minimum Gasteiger partial charge on any atom is -0.496 e. The van der Waals surface area contributed by atoms with E-state index in [1.165, 1.54) is 13.2 Å². The van der Waals surface area contributed by atoms with Crippen LogP contribution in [-0.4, -0.2) is 13.7 Å². The van der Waals surface area contributed by atoms with Crippen molar-refractivity contribution in [3.63, 3.8) is 0 Å². The van der Waals surface area contributed by atoms with Gasteiger partial charge in [-0.25, -0.2) is 10.3 Å². The number of hydrogen-bond donors (Lipinski definition) is 1. The summed E-state index contributed by atoms with van der Waals surface area (Å²) in [6.07, 6.45) is 0. The Morgan fingerprint density at radius 3 is 2.60 bits per heavy atom. The number of halogens is 1. The molecule has 0 radical (unpaired) electrons. The molecule has 0 unspecified atom stereocenters. The van der Waals surface area contributed by atoms with Crippen molar-refractivity contribution in [1.29, 1.82) is 0 Å². The Bertz CT molecular complexity index is 339. The van der Waals surface area contributed by atoms with Gasteiger partial charge in [-0.2, -0.15) is 0 Å². The molecule has 0 saturated carbocycles. The largest absolute Gasteiger partial charge is 0.496 e. The molecule has 84 valence electrons. The van der Waals surface area contributed by atoms with Crippen LogP contribution >= 0.6 is 0 Å². The predicted molar refractivity (Wildman–Crippen MR) is 56.1 cm³/mol. The lowest BCUT2D eigenvalue weighted by Crippen LogP contribution is -2.28. The van der Waals surface area contributed by atoms with E-state index < -0.39 is 5.41 Å². The maximum Gasteiger partial charge on any atom is 0.130 e. The first-order chi connectivity index (χ1) is 7.03. The van der Waals surface area contributed by atoms with Crippen LogP contribution in [0.25, 0.3) is 0 Å². The van der Waals surface area contributed by atoms with Crippen molar-refractivity contribution < 1.29 is 14.0 Å². The van der Waals surface area contributed by atoms with Crippen LogP contribution in [0.15, 0.2) is 18.2 Å². The summed E-state index contributed by atoms with van der Waals surface area (Å²) in [7, 11) is 1.51. The van der Waals surface area contributed by atoms with Crippen LogP contribution < -0.4 is 10.6 Å². The third-order valence-corrected chi connectivity index (χ3v) is 2.32. The van der Waals surface area contributed by atoms with Gasteiger partial charge in [0.1, 0.15) is 11.6 Å². The first-order valence-corrected chi connectivity index (χ1v) is 4.67. The summed E-state index contributed by atoms with van der Waals surface area (Å²) >= 11 is 0. The van der Waals surface area contributed by atoms with Crippen molar-refractivity contribution in [3.05, 3.63) is 29.6 Å². The SMILES string of the molecule is COc1cccc(F)c1C(C)(C)CON. The molecule has 0 aromatic heterocycles. The molecule has 0 aliphatic rings. The van der Waals surface area contributed by atoms with Crippen molar-refractivity contribution in [2.45, 2.75) is 19.3 Å². The maximum atomic E-state index is 13.7. The van der Waals surface area contributed by atoms with Gasteiger partial charge >= 0.3 is 0 Å². The first kappa shape index (κ1) is 11.9. The van der Waals surface area contributed by atoms with Crippen LogP contribution in [-0.2, 0) is 10.3 Å². The van der Waals surface area contributed by atoms with Gasteiger partial charge < -0.3 is 9.57 Å². The molecule has 2 N–H and O–H groups in total. The minimum atomic E-state index is -0.522. The lowest BCUT2D eigenvalue weighted by molar-refractivity contribution is 0.0939. The van der Waals surface area contributed by atoms with Crippen LogP contribution in [0.1, 0.15) is 19.4 Å². The molecule has 0 spiro atoms. The average molecular weight is 213 g/mol. The van der Waals surface area contributed by atoms with E-state index in [-0.39, 0.29) is 12.4 Å². The lowest BCUT2D eigenvalue weighted by Gasteiger charge is -2.26. The number of rotatable bonds is 4. The molecule has 0 bridgehead atoms. The fourth-order valence-corrected chi connectivity index (χ4v) is 1.61. The number of benzene rings is 1. The van der Waals surface area contributed by atoms with Crippen molar-refractivity contribution in [2.24, 2.45) is 5.90 Å². The van der Waals surface area contributed by atoms with Crippen LogP contribution in [0.4, 0.5) is 4.39 Å². The maximum absolute atomic E-state index is 13.7. The number of ether oxygens (including phenoxy) is 1. The van der Waals surface area contributed by atoms with E-state index in [0.717, 1.165) is 0 Å². The molecular weight excluding hydrogens is 197 g/mol. The molecule has 15 heavy (non-hydrogen) atoms. The Labute approximate surface area is 88.9 Å². The fourth-order valence-electron chi connectivity index (χ4n) is 1.61. The molecule has 4 heteroatoms. The Balaban J connectivity index is 3.21. The molecular formula is C11H16FNO2. The van der Waals surface area contributed by atoms with E-state index in [1.807, 2.05) is 13.8 Å². The Kier molecular flexibility index (Phi) is 3.66. The standard InChI is InChI=1S/C11H16FNO2/c1-11(2,7-15-13)10-8(12)5-4-6-9(10)14-3/h4-6H,7,13H2,1-3H3. The second kappa shape index (κ2) is 4.59. The Morgan fingerprint density at radius 1 is 1.40 bits per heavy atom. The molecule has 3 nitrogen and oxygen atoms in total. The van der Waals surface area contributed by atoms with Gasteiger partial charge in [0.05, 0.1) is 13.7 Å². The summed E-state index contributed by atoms with van der Waals surface area (Å²) in [6, 6.07) is 4.73. The number of hydrogen-bond acceptors (Lipinski definition) is 3. The van der Waals surface area contributed by atoms with Crippen LogP contribution in [0.3, 0.4) is 0 Å². The summed E-state index contributed by atoms with van der Waals surface area (Å²) in [5.41, 5.74) is -0.0382. The monoisotopic (exact) mass is 213 g/mol. The van der Waals surface area contributed by atoms with Gasteiger partial charge in [-0.1, -0.05) is 19.9 Å². The summed E-state index contributed by atoms with van der Waals surface area (Å²) in [5.74, 6) is 5.23. The van der Waals surface area contributed by atoms with Gasteiger partial charge in [0.25, 0.3) is 0 Å². The number of methoxy groups -OCH3 is 1. The molecule has 1 rings (SSSR count). The summed E-state index contributed by atoms with van der Waals surface area (Å²) in [5, 5.41) is 0. The van der Waals surface area contributed by atoms with E-state index in [2.05, 4.69) is 4.84 Å². The van der Waals surface area contributed by atoms with Crippen molar-refractivity contribution in [3.8, 4) is 5.75 Å². The van der Waals surface area contributed by atoms with E-state index in [0.29, 0.717) is 11.3 Å². The van der Waals surface area contributed by atoms with Gasteiger partial charge in [-0.15, -0.1) is 0 Å². The summed E-state index contributed by atoms with van der Waals surface area (Å²) < 4.78 is 18.8. The van der Waals surface area contributed by atoms with Crippen molar-refractivity contribution in [2.75, 3.05) is 13.7 Å². The van der Waals surface area contributed by atoms with Crippen LogP contribution in [0.2, 0.25) is 0 Å². The van der Waals surface area contributed by atoms with Gasteiger partial charge in [0, 0.05) is 11.0 Å². The molecule has 0 atom stereocenters. The van der Waals surface area contributed by atoms with E-state index in [1.54, 1.807) is 12.1 Å². The Morgan fingerprint density at radius 2 is 2.07 bits per heavy atom. The summed E-state index contributed by atoms with van der Waals surface area (Å²) in [4.78, 5) is 4.59. The molecule has 0 amide bonds. The molecule has 0 heterocycles. The molecule has 0 aliphatic carbocycles. The molecule has 1 aromatic carbocycles. The average Bonchev–Trinajstić information content (AvgIpc) is 2.16.